The van der Waals surface area contributed by atoms with Crippen molar-refractivity contribution in [3.63, 3.8) is 0 Å². The first kappa shape index (κ1) is 15.3. The van der Waals surface area contributed by atoms with Crippen LogP contribution in [0.1, 0.15) is 6.42 Å². The van der Waals surface area contributed by atoms with E-state index in [2.05, 4.69) is 10.6 Å². The number of rotatable bonds is 8. The minimum absolute atomic E-state index is 0.0763. The van der Waals surface area contributed by atoms with E-state index >= 15 is 0 Å². The zero-order chi connectivity index (χ0) is 14.1. The van der Waals surface area contributed by atoms with Crippen molar-refractivity contribution in [1.82, 2.24) is 5.32 Å². The quantitative estimate of drug-likeness (QED) is 0.644. The topological polar surface area (TPSA) is 79.8 Å². The molecule has 3 N–H and O–H groups in total. The number of benzene rings is 1. The van der Waals surface area contributed by atoms with Crippen LogP contribution in [0.15, 0.2) is 18.2 Å². The van der Waals surface area contributed by atoms with Gasteiger partial charge >= 0.3 is 0 Å². The highest BCUT2D eigenvalue weighted by molar-refractivity contribution is 5.91. The molecule has 1 amide bonds. The van der Waals surface area contributed by atoms with E-state index in [0.29, 0.717) is 30.2 Å². The van der Waals surface area contributed by atoms with Crippen molar-refractivity contribution in [2.24, 2.45) is 0 Å². The number of hydrogen-bond acceptors (Lipinski definition) is 5. The molecule has 19 heavy (non-hydrogen) atoms. The normalized spacial score (nSPS) is 10.1. The summed E-state index contributed by atoms with van der Waals surface area (Å²) in [6.45, 7) is 0.714. The van der Waals surface area contributed by atoms with Crippen molar-refractivity contribution in [2.45, 2.75) is 6.42 Å². The summed E-state index contributed by atoms with van der Waals surface area (Å²) in [5.41, 5.74) is 0.634. The number of carbonyl (C=O) groups excluding carboxylic acids is 1. The maximum Gasteiger partial charge on any atom is 0.225 e. The lowest BCUT2D eigenvalue weighted by Gasteiger charge is -2.12. The molecule has 0 saturated heterocycles. The van der Waals surface area contributed by atoms with Crippen LogP contribution in [0.4, 0.5) is 5.69 Å². The van der Waals surface area contributed by atoms with E-state index in [9.17, 15) is 4.79 Å². The number of methoxy groups -OCH3 is 1. The van der Waals surface area contributed by atoms with E-state index in [1.807, 2.05) is 0 Å². The third-order valence-corrected chi connectivity index (χ3v) is 2.40. The molecule has 6 nitrogen and oxygen atoms in total. The van der Waals surface area contributed by atoms with Crippen molar-refractivity contribution in [2.75, 3.05) is 39.2 Å². The molecule has 1 rings (SSSR count). The molecule has 0 radical (unpaired) electrons. The Morgan fingerprint density at radius 2 is 2.16 bits per heavy atom. The molecule has 0 aliphatic heterocycles. The number of aliphatic hydroxyl groups is 1. The zero-order valence-electron chi connectivity index (χ0n) is 11.2. The molecule has 0 aliphatic rings. The fraction of sp³-hybridized carbons (Fsp3) is 0.462. The van der Waals surface area contributed by atoms with E-state index in [4.69, 9.17) is 14.6 Å². The first-order valence-corrected chi connectivity index (χ1v) is 6.07. The Bertz CT molecular complexity index is 410. The van der Waals surface area contributed by atoms with E-state index < -0.39 is 0 Å². The molecule has 0 aliphatic carbocycles. The van der Waals surface area contributed by atoms with Crippen LogP contribution in [0, 0.1) is 0 Å². The second-order valence-corrected chi connectivity index (χ2v) is 3.84. The van der Waals surface area contributed by atoms with Crippen LogP contribution in [0.3, 0.4) is 0 Å². The van der Waals surface area contributed by atoms with E-state index in [0.717, 1.165) is 0 Å². The summed E-state index contributed by atoms with van der Waals surface area (Å²) in [5.74, 6) is 0.970. The predicted molar refractivity (Wildman–Crippen MR) is 72.7 cm³/mol. The van der Waals surface area contributed by atoms with Gasteiger partial charge in [0.1, 0.15) is 6.61 Å². The Morgan fingerprint density at radius 3 is 2.79 bits per heavy atom. The number of nitrogens with one attached hydrogen (secondary N) is 2. The molecule has 0 aromatic heterocycles. The lowest BCUT2D eigenvalue weighted by Crippen LogP contribution is -2.18. The second-order valence-electron chi connectivity index (χ2n) is 3.84. The van der Waals surface area contributed by atoms with Crippen molar-refractivity contribution in [3.8, 4) is 11.5 Å². The smallest absolute Gasteiger partial charge is 0.225 e. The van der Waals surface area contributed by atoms with E-state index in [1.54, 1.807) is 25.2 Å². The number of hydrogen-bond donors (Lipinski definition) is 3. The monoisotopic (exact) mass is 268 g/mol. The molecule has 0 unspecified atom stereocenters. The van der Waals surface area contributed by atoms with E-state index in [1.165, 1.54) is 7.11 Å². The van der Waals surface area contributed by atoms with Gasteiger partial charge in [-0.2, -0.15) is 0 Å². The highest BCUT2D eigenvalue weighted by Gasteiger charge is 2.08. The van der Waals surface area contributed by atoms with Crippen LogP contribution in [0.5, 0.6) is 11.5 Å². The minimum atomic E-state index is -0.0814. The largest absolute Gasteiger partial charge is 0.493 e. The standard InChI is InChI=1S/C13H20N2O4/c1-14-6-5-13(17)15-10-3-4-11(18-2)12(9-10)19-8-7-16/h3-4,9,14,16H,5-8H2,1-2H3,(H,15,17). The summed E-state index contributed by atoms with van der Waals surface area (Å²) in [6.07, 6.45) is 0.398. The first-order chi connectivity index (χ1) is 9.21. The molecule has 106 valence electrons. The SMILES string of the molecule is CNCCC(=O)Nc1ccc(OC)c(OCCO)c1. The van der Waals surface area contributed by atoms with Crippen LogP contribution in [-0.4, -0.2) is 44.9 Å². The van der Waals surface area contributed by atoms with Gasteiger partial charge in [-0.25, -0.2) is 0 Å². The highest BCUT2D eigenvalue weighted by Crippen LogP contribution is 2.30. The number of amides is 1. The second kappa shape index (κ2) is 8.34. The number of carbonyl (C=O) groups is 1. The van der Waals surface area contributed by atoms with Gasteiger partial charge in [0.15, 0.2) is 11.5 Å². The maximum absolute atomic E-state index is 11.6. The van der Waals surface area contributed by atoms with Gasteiger partial charge in [-0.15, -0.1) is 0 Å². The molecule has 0 bridgehead atoms. The van der Waals surface area contributed by atoms with Crippen LogP contribution in [0.25, 0.3) is 0 Å². The summed E-state index contributed by atoms with van der Waals surface area (Å²) < 4.78 is 10.5. The maximum atomic E-state index is 11.6. The van der Waals surface area contributed by atoms with Gasteiger partial charge in [0, 0.05) is 24.7 Å². The van der Waals surface area contributed by atoms with Crippen LogP contribution >= 0.6 is 0 Å². The van der Waals surface area contributed by atoms with Gasteiger partial charge < -0.3 is 25.2 Å². The summed E-state index contributed by atoms with van der Waals surface area (Å²) >= 11 is 0. The summed E-state index contributed by atoms with van der Waals surface area (Å²) in [6, 6.07) is 5.12. The highest BCUT2D eigenvalue weighted by atomic mass is 16.5. The van der Waals surface area contributed by atoms with Crippen molar-refractivity contribution < 1.29 is 19.4 Å². The lowest BCUT2D eigenvalue weighted by molar-refractivity contribution is -0.116. The molecule has 0 saturated carbocycles. The van der Waals surface area contributed by atoms with Crippen molar-refractivity contribution >= 4 is 11.6 Å². The first-order valence-electron chi connectivity index (χ1n) is 6.07. The number of anilines is 1. The van der Waals surface area contributed by atoms with Crippen LogP contribution in [-0.2, 0) is 4.79 Å². The van der Waals surface area contributed by atoms with Gasteiger partial charge in [-0.1, -0.05) is 0 Å². The Balaban J connectivity index is 2.71. The van der Waals surface area contributed by atoms with Crippen molar-refractivity contribution in [1.29, 1.82) is 0 Å². The molecule has 0 fully saturated rings. The molecule has 0 heterocycles. The van der Waals surface area contributed by atoms with Gasteiger partial charge in [0.2, 0.25) is 5.91 Å². The van der Waals surface area contributed by atoms with E-state index in [-0.39, 0.29) is 19.1 Å². The Labute approximate surface area is 112 Å². The van der Waals surface area contributed by atoms with Crippen molar-refractivity contribution in [3.05, 3.63) is 18.2 Å². The number of aliphatic hydroxyl groups excluding tert-OH is 1. The molecule has 6 heteroatoms. The Morgan fingerprint density at radius 1 is 1.37 bits per heavy atom. The summed E-state index contributed by atoms with van der Waals surface area (Å²) in [5, 5.41) is 14.4. The zero-order valence-corrected chi connectivity index (χ0v) is 11.2. The Hall–Kier alpha value is -1.79. The molecular formula is C13H20N2O4. The van der Waals surface area contributed by atoms with Gasteiger partial charge in [0.05, 0.1) is 13.7 Å². The third-order valence-electron chi connectivity index (χ3n) is 2.40. The minimum Gasteiger partial charge on any atom is -0.493 e. The number of ether oxygens (including phenoxy) is 2. The van der Waals surface area contributed by atoms with Gasteiger partial charge in [-0.05, 0) is 19.2 Å². The molecule has 0 spiro atoms. The Kier molecular flexibility index (Phi) is 6.70. The average molecular weight is 268 g/mol. The lowest BCUT2D eigenvalue weighted by atomic mass is 10.2. The fourth-order valence-electron chi connectivity index (χ4n) is 1.48. The van der Waals surface area contributed by atoms with Gasteiger partial charge in [0.25, 0.3) is 0 Å². The fourth-order valence-corrected chi connectivity index (χ4v) is 1.48. The van der Waals surface area contributed by atoms with Gasteiger partial charge in [-0.3, -0.25) is 4.79 Å². The average Bonchev–Trinajstić information content (AvgIpc) is 2.43. The molecule has 0 atom stereocenters. The molecular weight excluding hydrogens is 248 g/mol. The molecule has 1 aromatic rings. The summed E-state index contributed by atoms with van der Waals surface area (Å²) in [7, 11) is 3.33. The van der Waals surface area contributed by atoms with Crippen LogP contribution < -0.4 is 20.1 Å². The third kappa shape index (κ3) is 5.15. The predicted octanol–water partition coefficient (Wildman–Crippen LogP) is 0.614. The summed E-state index contributed by atoms with van der Waals surface area (Å²) in [4.78, 5) is 11.6. The van der Waals surface area contributed by atoms with Crippen LogP contribution in [0.2, 0.25) is 0 Å². The molecule has 1 aromatic carbocycles.